The summed E-state index contributed by atoms with van der Waals surface area (Å²) in [5.74, 6) is -0.957. The molecular weight excluding hydrogens is 346 g/mol. The van der Waals surface area contributed by atoms with E-state index < -0.39 is 28.2 Å². The number of carbonyl (C=O) groups is 2. The molecule has 0 aliphatic heterocycles. The van der Waals surface area contributed by atoms with Gasteiger partial charge in [-0.15, -0.1) is 0 Å². The normalized spacial score (nSPS) is 16.1. The number of nitrogens with zero attached hydrogens (tertiary/aromatic N) is 1. The number of hydrogen-bond acceptors (Lipinski definition) is 7. The van der Waals surface area contributed by atoms with Gasteiger partial charge in [-0.2, -0.15) is 8.42 Å². The van der Waals surface area contributed by atoms with E-state index in [1.165, 1.54) is 6.92 Å². The van der Waals surface area contributed by atoms with Crippen LogP contribution >= 0.6 is 0 Å². The van der Waals surface area contributed by atoms with E-state index in [2.05, 4.69) is 0 Å². The molecule has 0 bridgehead atoms. The van der Waals surface area contributed by atoms with E-state index in [-0.39, 0.29) is 30.3 Å². The molecule has 3 atom stereocenters. The molecule has 0 radical (unpaired) electrons. The summed E-state index contributed by atoms with van der Waals surface area (Å²) < 4.78 is 32.5. The van der Waals surface area contributed by atoms with Crippen LogP contribution in [0.2, 0.25) is 0 Å². The molecule has 0 spiro atoms. The summed E-state index contributed by atoms with van der Waals surface area (Å²) in [5, 5.41) is 0. The van der Waals surface area contributed by atoms with Crippen LogP contribution in [0, 0.1) is 11.8 Å². The number of Topliss-reactive ketones (excluding diaryl/α,β-unsaturated/α-hetero) is 1. The van der Waals surface area contributed by atoms with Crippen LogP contribution in [-0.2, 0) is 28.6 Å². The zero-order valence-corrected chi connectivity index (χ0v) is 17.4. The lowest BCUT2D eigenvalue weighted by atomic mass is 9.87. The van der Waals surface area contributed by atoms with Gasteiger partial charge in [0.2, 0.25) is 0 Å². The fourth-order valence-electron chi connectivity index (χ4n) is 2.49. The summed E-state index contributed by atoms with van der Waals surface area (Å²) in [5.41, 5.74) is 0. The molecular formula is C17H33NO6S. The molecule has 0 unspecified atom stereocenters. The third-order valence-corrected chi connectivity index (χ3v) is 4.75. The predicted molar refractivity (Wildman–Crippen MR) is 96.7 cm³/mol. The van der Waals surface area contributed by atoms with E-state index in [9.17, 15) is 18.0 Å². The maximum Gasteiger partial charge on any atom is 0.302 e. The van der Waals surface area contributed by atoms with Crippen molar-refractivity contribution in [3.8, 4) is 0 Å². The van der Waals surface area contributed by atoms with Gasteiger partial charge < -0.3 is 4.74 Å². The van der Waals surface area contributed by atoms with Gasteiger partial charge in [0.05, 0.1) is 12.9 Å². The molecule has 0 fully saturated rings. The molecule has 148 valence electrons. The maximum absolute atomic E-state index is 12.8. The number of ketones is 1. The Labute approximate surface area is 152 Å². The largest absolute Gasteiger partial charge is 0.460 e. The molecule has 0 saturated heterocycles. The molecule has 0 saturated carbocycles. The number of likely N-dealkylation sites (N-methyl/N-ethyl adjacent to an activating group) is 1. The van der Waals surface area contributed by atoms with E-state index in [0.717, 1.165) is 6.26 Å². The number of ether oxygens (including phenoxy) is 1. The Bertz CT molecular complexity index is 543. The standard InChI is InChI=1S/C17H33NO6S/c1-11(2)16(20)15(18(7)12(3)4)17(24-14(6)19)13(5)9-10-23-25(8,21)22/h11-13,15,17H,9-10H2,1-8H3/t13-,15-,17-/m1/s1. The van der Waals surface area contributed by atoms with Gasteiger partial charge in [-0.25, -0.2) is 0 Å². The van der Waals surface area contributed by atoms with Crippen molar-refractivity contribution < 1.29 is 26.9 Å². The lowest BCUT2D eigenvalue weighted by Gasteiger charge is -2.38. The van der Waals surface area contributed by atoms with Crippen LogP contribution in [0.1, 0.15) is 48.0 Å². The van der Waals surface area contributed by atoms with Gasteiger partial charge in [-0.05, 0) is 33.2 Å². The van der Waals surface area contributed by atoms with Gasteiger partial charge in [0.1, 0.15) is 12.1 Å². The van der Waals surface area contributed by atoms with Crippen molar-refractivity contribution in [2.45, 2.75) is 66.2 Å². The van der Waals surface area contributed by atoms with E-state index in [4.69, 9.17) is 8.92 Å². The highest BCUT2D eigenvalue weighted by Gasteiger charge is 2.39. The van der Waals surface area contributed by atoms with E-state index in [1.54, 1.807) is 0 Å². The summed E-state index contributed by atoms with van der Waals surface area (Å²) in [7, 11) is -1.71. The summed E-state index contributed by atoms with van der Waals surface area (Å²) in [6.07, 6.45) is 0.653. The van der Waals surface area contributed by atoms with Gasteiger partial charge >= 0.3 is 5.97 Å². The first kappa shape index (κ1) is 24.0. The van der Waals surface area contributed by atoms with Crippen LogP contribution in [0.25, 0.3) is 0 Å². The molecule has 0 N–H and O–H groups in total. The topological polar surface area (TPSA) is 90.0 Å². The zero-order chi connectivity index (χ0) is 19.9. The average molecular weight is 380 g/mol. The van der Waals surface area contributed by atoms with Gasteiger partial charge in [-0.3, -0.25) is 18.7 Å². The fraction of sp³-hybridized carbons (Fsp3) is 0.882. The van der Waals surface area contributed by atoms with Crippen molar-refractivity contribution in [1.29, 1.82) is 0 Å². The highest BCUT2D eigenvalue weighted by molar-refractivity contribution is 7.85. The van der Waals surface area contributed by atoms with Crippen LogP contribution in [0.4, 0.5) is 0 Å². The van der Waals surface area contributed by atoms with Gasteiger partial charge in [0.25, 0.3) is 10.1 Å². The van der Waals surface area contributed by atoms with E-state index in [0.29, 0.717) is 6.42 Å². The third kappa shape index (κ3) is 8.78. The lowest BCUT2D eigenvalue weighted by molar-refractivity contribution is -0.157. The smallest absolute Gasteiger partial charge is 0.302 e. The van der Waals surface area contributed by atoms with E-state index in [1.807, 2.05) is 46.6 Å². The Morgan fingerprint density at radius 2 is 1.60 bits per heavy atom. The number of rotatable bonds is 11. The number of esters is 1. The molecule has 0 aliphatic rings. The Hall–Kier alpha value is -0.990. The molecule has 25 heavy (non-hydrogen) atoms. The molecule has 0 aliphatic carbocycles. The predicted octanol–water partition coefficient (Wildman–Crippen LogP) is 1.85. The molecule has 0 rings (SSSR count). The van der Waals surface area contributed by atoms with Crippen LogP contribution in [0.5, 0.6) is 0 Å². The second-order valence-electron chi connectivity index (χ2n) is 7.13. The Morgan fingerprint density at radius 3 is 1.96 bits per heavy atom. The Kier molecular flexibility index (Phi) is 9.82. The van der Waals surface area contributed by atoms with Crippen molar-refractivity contribution in [2.75, 3.05) is 19.9 Å². The average Bonchev–Trinajstić information content (AvgIpc) is 2.43. The molecule has 0 heterocycles. The highest BCUT2D eigenvalue weighted by Crippen LogP contribution is 2.24. The van der Waals surface area contributed by atoms with Gasteiger partial charge in [0, 0.05) is 18.9 Å². The van der Waals surface area contributed by atoms with Crippen LogP contribution < -0.4 is 0 Å². The van der Waals surface area contributed by atoms with Crippen molar-refractivity contribution in [2.24, 2.45) is 11.8 Å². The van der Waals surface area contributed by atoms with Crippen molar-refractivity contribution in [1.82, 2.24) is 4.90 Å². The first-order chi connectivity index (χ1) is 11.3. The fourth-order valence-corrected chi connectivity index (χ4v) is 2.89. The molecule has 7 nitrogen and oxygen atoms in total. The van der Waals surface area contributed by atoms with Gasteiger partial charge in [0.15, 0.2) is 5.78 Å². The second-order valence-corrected chi connectivity index (χ2v) is 8.77. The van der Waals surface area contributed by atoms with Crippen molar-refractivity contribution in [3.63, 3.8) is 0 Å². The number of carbonyl (C=O) groups excluding carboxylic acids is 2. The SMILES string of the molecule is CC(=O)O[C@H]([C@H](C)CCOS(C)(=O)=O)[C@@H](C(=O)C(C)C)N(C)C(C)C. The van der Waals surface area contributed by atoms with Crippen molar-refractivity contribution in [3.05, 3.63) is 0 Å². The molecule has 8 heteroatoms. The summed E-state index contributed by atoms with van der Waals surface area (Å²) in [6.45, 7) is 10.7. The molecule has 0 aromatic heterocycles. The second kappa shape index (κ2) is 10.2. The lowest BCUT2D eigenvalue weighted by Crippen LogP contribution is -2.54. The van der Waals surface area contributed by atoms with E-state index >= 15 is 0 Å². The van der Waals surface area contributed by atoms with Crippen LogP contribution in [0.15, 0.2) is 0 Å². The minimum absolute atomic E-state index is 0.0154. The van der Waals surface area contributed by atoms with Gasteiger partial charge in [-0.1, -0.05) is 20.8 Å². The Morgan fingerprint density at radius 1 is 1.08 bits per heavy atom. The quantitative estimate of drug-likeness (QED) is 0.400. The first-order valence-corrected chi connectivity index (χ1v) is 10.4. The summed E-state index contributed by atoms with van der Waals surface area (Å²) in [4.78, 5) is 26.3. The third-order valence-electron chi connectivity index (χ3n) is 4.16. The molecule has 0 aromatic rings. The summed E-state index contributed by atoms with van der Waals surface area (Å²) in [6, 6.07) is -0.526. The molecule has 0 amide bonds. The zero-order valence-electron chi connectivity index (χ0n) is 16.6. The summed E-state index contributed by atoms with van der Waals surface area (Å²) >= 11 is 0. The minimum atomic E-state index is -3.53. The first-order valence-electron chi connectivity index (χ1n) is 8.55. The monoisotopic (exact) mass is 379 g/mol. The highest BCUT2D eigenvalue weighted by atomic mass is 32.2. The molecule has 0 aromatic carbocycles. The van der Waals surface area contributed by atoms with Crippen LogP contribution in [-0.4, -0.2) is 63.2 Å². The Balaban J connectivity index is 5.51. The van der Waals surface area contributed by atoms with Crippen molar-refractivity contribution >= 4 is 21.9 Å². The number of hydrogen-bond donors (Lipinski definition) is 0. The maximum atomic E-state index is 12.8. The van der Waals surface area contributed by atoms with Crippen LogP contribution in [0.3, 0.4) is 0 Å². The minimum Gasteiger partial charge on any atom is -0.460 e.